The van der Waals surface area contributed by atoms with Crippen LogP contribution in [0.2, 0.25) is 0 Å². The summed E-state index contributed by atoms with van der Waals surface area (Å²) in [4.78, 5) is 11.1. The number of benzene rings is 2. The lowest BCUT2D eigenvalue weighted by Crippen LogP contribution is -2.15. The van der Waals surface area contributed by atoms with Crippen LogP contribution in [0.15, 0.2) is 48.5 Å². The molecule has 0 bridgehead atoms. The average molecular weight is 780 g/mol. The Morgan fingerprint density at radius 2 is 0.727 bits per heavy atom. The summed E-state index contributed by atoms with van der Waals surface area (Å²) in [6.07, 6.45) is 9.07. The molecule has 2 rings (SSSR count). The summed E-state index contributed by atoms with van der Waals surface area (Å²) >= 11 is 0. The van der Waals surface area contributed by atoms with Gasteiger partial charge in [0.1, 0.15) is 24.7 Å². The highest BCUT2D eigenvalue weighted by molar-refractivity contribution is 5.88. The van der Waals surface area contributed by atoms with Crippen molar-refractivity contribution in [3.8, 4) is 11.5 Å². The van der Waals surface area contributed by atoms with Gasteiger partial charge in [-0.3, -0.25) is 4.79 Å². The molecule has 0 radical (unpaired) electrons. The van der Waals surface area contributed by atoms with Gasteiger partial charge in [-0.05, 0) is 54.8 Å². The summed E-state index contributed by atoms with van der Waals surface area (Å²) in [5.74, 6) is 1.49. The third-order valence-corrected chi connectivity index (χ3v) is 7.89. The van der Waals surface area contributed by atoms with Crippen molar-refractivity contribution < 1.29 is 56.9 Å². The van der Waals surface area contributed by atoms with E-state index < -0.39 is 0 Å². The molecule has 1 N–H and O–H groups in total. The fraction of sp³-hybridized carbons (Fsp3) is 0.690. The van der Waals surface area contributed by atoms with Crippen molar-refractivity contribution in [2.24, 2.45) is 0 Å². The zero-order valence-electron chi connectivity index (χ0n) is 33.6. The smallest absolute Gasteiger partial charge is 0.221 e. The number of rotatable bonds is 40. The molecule has 0 aliphatic heterocycles. The van der Waals surface area contributed by atoms with Gasteiger partial charge >= 0.3 is 0 Å². The largest absolute Gasteiger partial charge is 0.491 e. The minimum atomic E-state index is -0.107. The molecule has 0 aromatic heterocycles. The average Bonchev–Trinajstić information content (AvgIpc) is 3.19. The van der Waals surface area contributed by atoms with Gasteiger partial charge in [-0.1, -0.05) is 51.2 Å². The summed E-state index contributed by atoms with van der Waals surface area (Å²) < 4.78 is 61.1. The number of hydrogen-bond donors (Lipinski definition) is 1. The van der Waals surface area contributed by atoms with Crippen LogP contribution in [0.3, 0.4) is 0 Å². The van der Waals surface area contributed by atoms with E-state index in [0.717, 1.165) is 23.6 Å². The fourth-order valence-electron chi connectivity index (χ4n) is 5.00. The Hall–Kier alpha value is -2.85. The SMILES string of the molecule is CCCCCCCCc1ccc(OCCOCCOCCOCCOCCOCCOCCOCCOCCOCCOc2ccc(NC(C)=O)cc2)cc1. The van der Waals surface area contributed by atoms with Crippen LogP contribution in [0.4, 0.5) is 5.69 Å². The van der Waals surface area contributed by atoms with Crippen molar-refractivity contribution in [2.75, 3.05) is 137 Å². The first-order valence-electron chi connectivity index (χ1n) is 20.1. The van der Waals surface area contributed by atoms with Crippen LogP contribution < -0.4 is 14.8 Å². The highest BCUT2D eigenvalue weighted by Crippen LogP contribution is 2.16. The minimum Gasteiger partial charge on any atom is -0.491 e. The number of carbonyl (C=O) groups is 1. The molecule has 0 aliphatic rings. The Morgan fingerprint density at radius 3 is 1.07 bits per heavy atom. The predicted molar refractivity (Wildman–Crippen MR) is 213 cm³/mol. The second-order valence-corrected chi connectivity index (χ2v) is 12.6. The molecule has 55 heavy (non-hydrogen) atoms. The molecule has 0 saturated heterocycles. The minimum absolute atomic E-state index is 0.107. The van der Waals surface area contributed by atoms with Crippen molar-refractivity contribution in [2.45, 2.75) is 58.8 Å². The molecular weight excluding hydrogens is 710 g/mol. The zero-order valence-corrected chi connectivity index (χ0v) is 33.6. The van der Waals surface area contributed by atoms with Crippen LogP contribution in [0, 0.1) is 0 Å². The lowest BCUT2D eigenvalue weighted by Gasteiger charge is -2.09. The monoisotopic (exact) mass is 779 g/mol. The summed E-state index contributed by atoms with van der Waals surface area (Å²) in [5, 5.41) is 2.71. The maximum Gasteiger partial charge on any atom is 0.221 e. The number of nitrogens with one attached hydrogen (secondary N) is 1. The Labute approximate surface area is 329 Å². The normalized spacial score (nSPS) is 11.2. The molecular formula is C42H69NO12. The Bertz CT molecular complexity index is 1120. The van der Waals surface area contributed by atoms with Gasteiger partial charge in [-0.15, -0.1) is 0 Å². The van der Waals surface area contributed by atoms with E-state index in [4.69, 9.17) is 52.1 Å². The van der Waals surface area contributed by atoms with E-state index in [1.54, 1.807) is 24.3 Å². The fourth-order valence-corrected chi connectivity index (χ4v) is 5.00. The van der Waals surface area contributed by atoms with Gasteiger partial charge < -0.3 is 57.4 Å². The Kier molecular flexibility index (Phi) is 32.3. The quantitative estimate of drug-likeness (QED) is 0.0779. The van der Waals surface area contributed by atoms with E-state index >= 15 is 0 Å². The molecule has 0 unspecified atom stereocenters. The van der Waals surface area contributed by atoms with Crippen molar-refractivity contribution in [1.29, 1.82) is 0 Å². The standard InChI is InChI=1S/C42H69NO12/c1-3-4-5-6-7-8-9-39-10-14-41(15-11-39)54-36-34-52-32-30-50-28-26-48-24-22-46-20-18-45-19-21-47-23-25-49-27-29-51-31-33-53-35-37-55-42-16-12-40(13-17-42)43-38(2)44/h10-17H,3-9,18-37H2,1-2H3,(H,43,44). The molecule has 0 spiro atoms. The van der Waals surface area contributed by atoms with E-state index in [1.807, 2.05) is 12.1 Å². The third kappa shape index (κ3) is 31.0. The lowest BCUT2D eigenvalue weighted by atomic mass is 10.0. The molecule has 0 atom stereocenters. The van der Waals surface area contributed by atoms with E-state index in [1.165, 1.54) is 51.0 Å². The maximum atomic E-state index is 11.1. The molecule has 2 aromatic carbocycles. The highest BCUT2D eigenvalue weighted by atomic mass is 16.6. The van der Waals surface area contributed by atoms with Crippen molar-refractivity contribution in [3.05, 3.63) is 54.1 Å². The molecule has 2 aromatic rings. The number of hydrogen-bond acceptors (Lipinski definition) is 12. The Balaban J connectivity index is 1.19. The predicted octanol–water partition coefficient (Wildman–Crippen LogP) is 6.16. The number of unbranched alkanes of at least 4 members (excludes halogenated alkanes) is 5. The maximum absolute atomic E-state index is 11.1. The number of aryl methyl sites for hydroxylation is 1. The van der Waals surface area contributed by atoms with Gasteiger partial charge in [0.25, 0.3) is 0 Å². The first-order chi connectivity index (χ1) is 27.2. The van der Waals surface area contributed by atoms with Gasteiger partial charge in [0.15, 0.2) is 0 Å². The van der Waals surface area contributed by atoms with Crippen molar-refractivity contribution in [3.63, 3.8) is 0 Å². The molecule has 314 valence electrons. The number of carbonyl (C=O) groups excluding carboxylic acids is 1. The summed E-state index contributed by atoms with van der Waals surface area (Å²) in [6, 6.07) is 15.6. The van der Waals surface area contributed by atoms with Crippen molar-refractivity contribution in [1.82, 2.24) is 0 Å². The molecule has 13 nitrogen and oxygen atoms in total. The number of amides is 1. The zero-order chi connectivity index (χ0) is 39.1. The first kappa shape index (κ1) is 48.3. The van der Waals surface area contributed by atoms with Crippen LogP contribution in [-0.2, 0) is 53.8 Å². The molecule has 0 saturated carbocycles. The van der Waals surface area contributed by atoms with Crippen LogP contribution in [0.1, 0.15) is 57.9 Å². The van der Waals surface area contributed by atoms with Gasteiger partial charge in [0.05, 0.1) is 119 Å². The van der Waals surface area contributed by atoms with Gasteiger partial charge in [0.2, 0.25) is 5.91 Å². The van der Waals surface area contributed by atoms with Crippen LogP contribution >= 0.6 is 0 Å². The van der Waals surface area contributed by atoms with Gasteiger partial charge in [0, 0.05) is 12.6 Å². The molecule has 1 amide bonds. The molecule has 13 heteroatoms. The summed E-state index contributed by atoms with van der Waals surface area (Å²) in [7, 11) is 0. The second-order valence-electron chi connectivity index (χ2n) is 12.6. The topological polar surface area (TPSA) is 131 Å². The van der Waals surface area contributed by atoms with E-state index in [2.05, 4.69) is 24.4 Å². The summed E-state index contributed by atoms with van der Waals surface area (Å²) in [5.41, 5.74) is 2.11. The Morgan fingerprint density at radius 1 is 0.418 bits per heavy atom. The van der Waals surface area contributed by atoms with Crippen LogP contribution in [-0.4, -0.2) is 138 Å². The number of ether oxygens (including phenoxy) is 11. The summed E-state index contributed by atoms with van der Waals surface area (Å²) in [6.45, 7) is 13.7. The molecule has 0 heterocycles. The molecule has 0 aliphatic carbocycles. The van der Waals surface area contributed by atoms with E-state index in [0.29, 0.717) is 132 Å². The first-order valence-corrected chi connectivity index (χ1v) is 20.1. The van der Waals surface area contributed by atoms with Crippen LogP contribution in [0.5, 0.6) is 11.5 Å². The van der Waals surface area contributed by atoms with Gasteiger partial charge in [-0.25, -0.2) is 0 Å². The number of anilines is 1. The van der Waals surface area contributed by atoms with E-state index in [-0.39, 0.29) is 5.91 Å². The third-order valence-electron chi connectivity index (χ3n) is 7.89. The second kappa shape index (κ2) is 36.8. The van der Waals surface area contributed by atoms with Crippen molar-refractivity contribution >= 4 is 11.6 Å². The van der Waals surface area contributed by atoms with Gasteiger partial charge in [-0.2, -0.15) is 0 Å². The van der Waals surface area contributed by atoms with E-state index in [9.17, 15) is 4.79 Å². The van der Waals surface area contributed by atoms with Crippen LogP contribution in [0.25, 0.3) is 0 Å². The highest BCUT2D eigenvalue weighted by Gasteiger charge is 2.00. The lowest BCUT2D eigenvalue weighted by molar-refractivity contribution is -0.114. The molecule has 0 fully saturated rings.